The summed E-state index contributed by atoms with van der Waals surface area (Å²) >= 11 is 0. The Hall–Kier alpha value is -2.86. The minimum atomic E-state index is -3.47. The molecule has 0 aromatic heterocycles. The van der Waals surface area contributed by atoms with E-state index in [1.807, 2.05) is 12.1 Å². The number of esters is 1. The van der Waals surface area contributed by atoms with Crippen LogP contribution in [0.15, 0.2) is 82.6 Å². The standard InChI is InChI=1S/C28H32O5S/c1-28(2)23-12-11-22(26(28)20-23)15-17-33-27(29)19-21-9-13-24(14-10-21)32-16-6-18-34(30,31)25-7-4-3-5-8-25/h3-11,13-14,18,23,26H,12,15-17,19-20H2,1-2H3/b18-6+/t23-,26-/m0/s1. The van der Waals surface area contributed by atoms with Crippen molar-refractivity contribution < 1.29 is 22.7 Å². The third kappa shape index (κ3) is 5.61. The molecular weight excluding hydrogens is 448 g/mol. The lowest BCUT2D eigenvalue weighted by Gasteiger charge is -2.56. The van der Waals surface area contributed by atoms with Crippen molar-refractivity contribution in [1.29, 1.82) is 0 Å². The summed E-state index contributed by atoms with van der Waals surface area (Å²) in [4.78, 5) is 12.5. The number of carbonyl (C=O) groups excluding carboxylic acids is 1. The van der Waals surface area contributed by atoms with Crippen LogP contribution in [0.1, 0.15) is 38.7 Å². The third-order valence-electron chi connectivity index (χ3n) is 7.20. The lowest BCUT2D eigenvalue weighted by Crippen LogP contribution is -2.48. The molecule has 5 nitrogen and oxygen atoms in total. The van der Waals surface area contributed by atoms with Gasteiger partial charge in [0, 0.05) is 11.8 Å². The van der Waals surface area contributed by atoms with Gasteiger partial charge in [-0.3, -0.25) is 4.79 Å². The zero-order chi connectivity index (χ0) is 24.2. The Morgan fingerprint density at radius 2 is 1.82 bits per heavy atom. The van der Waals surface area contributed by atoms with Gasteiger partial charge < -0.3 is 9.47 Å². The fraction of sp³-hybridized carbons (Fsp3) is 0.393. The van der Waals surface area contributed by atoms with Gasteiger partial charge in [0.05, 0.1) is 17.9 Å². The van der Waals surface area contributed by atoms with Crippen LogP contribution in [0.5, 0.6) is 5.75 Å². The lowest BCUT2D eigenvalue weighted by atomic mass is 9.48. The molecular formula is C28H32O5S. The van der Waals surface area contributed by atoms with E-state index >= 15 is 0 Å². The molecule has 0 saturated heterocycles. The zero-order valence-corrected chi connectivity index (χ0v) is 20.6. The van der Waals surface area contributed by atoms with Crippen LogP contribution < -0.4 is 4.74 Å². The summed E-state index contributed by atoms with van der Waals surface area (Å²) in [5, 5.41) is 1.15. The minimum absolute atomic E-state index is 0.127. The van der Waals surface area contributed by atoms with Gasteiger partial charge in [0.25, 0.3) is 0 Å². The number of carbonyl (C=O) groups is 1. The summed E-state index contributed by atoms with van der Waals surface area (Å²) in [7, 11) is -3.47. The van der Waals surface area contributed by atoms with Gasteiger partial charge in [-0.15, -0.1) is 0 Å². The van der Waals surface area contributed by atoms with Gasteiger partial charge in [0.2, 0.25) is 0 Å². The average Bonchev–Trinajstić information content (AvgIpc) is 2.83. The number of allylic oxidation sites excluding steroid dienone is 1. The van der Waals surface area contributed by atoms with E-state index in [-0.39, 0.29) is 23.9 Å². The number of hydrogen-bond acceptors (Lipinski definition) is 5. The lowest BCUT2D eigenvalue weighted by molar-refractivity contribution is -0.142. The molecule has 3 aliphatic rings. The second-order valence-electron chi connectivity index (χ2n) is 9.65. The Labute approximate surface area is 202 Å². The minimum Gasteiger partial charge on any atom is -0.490 e. The van der Waals surface area contributed by atoms with Crippen molar-refractivity contribution in [2.45, 2.75) is 44.4 Å². The van der Waals surface area contributed by atoms with Crippen LogP contribution in [0.3, 0.4) is 0 Å². The molecule has 0 radical (unpaired) electrons. The molecule has 6 heteroatoms. The van der Waals surface area contributed by atoms with Crippen LogP contribution >= 0.6 is 0 Å². The molecule has 0 aliphatic heterocycles. The third-order valence-corrected chi connectivity index (χ3v) is 8.68. The highest BCUT2D eigenvalue weighted by Gasteiger charge is 2.50. The molecule has 2 aromatic carbocycles. The maximum Gasteiger partial charge on any atom is 0.310 e. The van der Waals surface area contributed by atoms with Crippen LogP contribution in [0, 0.1) is 17.3 Å². The summed E-state index contributed by atoms with van der Waals surface area (Å²) < 4.78 is 35.5. The van der Waals surface area contributed by atoms with Crippen molar-refractivity contribution in [3.8, 4) is 5.75 Å². The molecule has 0 heterocycles. The maximum absolute atomic E-state index is 12.2. The molecule has 1 fully saturated rings. The molecule has 0 amide bonds. The van der Waals surface area contributed by atoms with Gasteiger partial charge in [-0.2, -0.15) is 0 Å². The number of benzene rings is 2. The Morgan fingerprint density at radius 1 is 1.09 bits per heavy atom. The molecule has 5 rings (SSSR count). The summed E-state index contributed by atoms with van der Waals surface area (Å²) in [5.74, 6) is 1.83. The second kappa shape index (κ2) is 10.2. The first-order chi connectivity index (χ1) is 16.3. The fourth-order valence-electron chi connectivity index (χ4n) is 4.96. The highest BCUT2D eigenvalue weighted by Crippen LogP contribution is 2.59. The van der Waals surface area contributed by atoms with Crippen LogP contribution in [0.4, 0.5) is 0 Å². The quantitative estimate of drug-likeness (QED) is 0.331. The molecule has 0 unspecified atom stereocenters. The first-order valence-corrected chi connectivity index (χ1v) is 13.3. The van der Waals surface area contributed by atoms with Gasteiger partial charge in [-0.1, -0.05) is 55.8 Å². The zero-order valence-electron chi connectivity index (χ0n) is 19.8. The van der Waals surface area contributed by atoms with Gasteiger partial charge >= 0.3 is 5.97 Å². The number of hydrogen-bond donors (Lipinski definition) is 0. The highest BCUT2D eigenvalue weighted by atomic mass is 32.2. The smallest absolute Gasteiger partial charge is 0.310 e. The number of sulfone groups is 1. The maximum atomic E-state index is 12.2. The topological polar surface area (TPSA) is 69.7 Å². The van der Waals surface area contributed by atoms with Crippen molar-refractivity contribution in [2.24, 2.45) is 17.3 Å². The normalized spacial score (nSPS) is 20.9. The van der Waals surface area contributed by atoms with Crippen LogP contribution in [-0.2, 0) is 25.8 Å². The summed E-state index contributed by atoms with van der Waals surface area (Å²) in [6.45, 7) is 5.26. The molecule has 34 heavy (non-hydrogen) atoms. The molecule has 0 N–H and O–H groups in total. The van der Waals surface area contributed by atoms with Gasteiger partial charge in [-0.25, -0.2) is 8.42 Å². The molecule has 2 atom stereocenters. The van der Waals surface area contributed by atoms with Crippen LogP contribution in [0.2, 0.25) is 0 Å². The molecule has 180 valence electrons. The molecule has 2 bridgehead atoms. The Kier molecular flexibility index (Phi) is 7.27. The predicted molar refractivity (Wildman–Crippen MR) is 132 cm³/mol. The monoisotopic (exact) mass is 480 g/mol. The van der Waals surface area contributed by atoms with Crippen molar-refractivity contribution in [3.63, 3.8) is 0 Å². The number of rotatable bonds is 10. The van der Waals surface area contributed by atoms with Crippen LogP contribution in [-0.4, -0.2) is 27.6 Å². The van der Waals surface area contributed by atoms with Gasteiger partial charge in [-0.05, 0) is 66.0 Å². The first-order valence-electron chi connectivity index (χ1n) is 11.8. The van der Waals surface area contributed by atoms with E-state index in [0.29, 0.717) is 23.7 Å². The second-order valence-corrected chi connectivity index (χ2v) is 11.5. The van der Waals surface area contributed by atoms with Crippen molar-refractivity contribution in [2.75, 3.05) is 13.2 Å². The highest BCUT2D eigenvalue weighted by molar-refractivity contribution is 7.94. The van der Waals surface area contributed by atoms with E-state index in [4.69, 9.17) is 9.47 Å². The molecule has 3 aliphatic carbocycles. The van der Waals surface area contributed by atoms with Gasteiger partial charge in [0.1, 0.15) is 12.4 Å². The largest absolute Gasteiger partial charge is 0.490 e. The van der Waals surface area contributed by atoms with Gasteiger partial charge in [0.15, 0.2) is 9.84 Å². The molecule has 1 saturated carbocycles. The van der Waals surface area contributed by atoms with Crippen molar-refractivity contribution in [1.82, 2.24) is 0 Å². The average molecular weight is 481 g/mol. The molecule has 2 aromatic rings. The van der Waals surface area contributed by atoms with E-state index in [9.17, 15) is 13.2 Å². The van der Waals surface area contributed by atoms with Crippen LogP contribution in [0.25, 0.3) is 0 Å². The van der Waals surface area contributed by atoms with Crippen molar-refractivity contribution in [3.05, 3.63) is 83.3 Å². The van der Waals surface area contributed by atoms with E-state index < -0.39 is 9.84 Å². The summed E-state index contributed by atoms with van der Waals surface area (Å²) in [5.41, 5.74) is 2.69. The SMILES string of the molecule is CC1(C)[C@H]2CC=C(CCOC(=O)Cc3ccc(OC/C=C/S(=O)(=O)c4ccccc4)cc3)[C@@H]1C2. The van der Waals surface area contributed by atoms with E-state index in [0.717, 1.165) is 29.7 Å². The summed E-state index contributed by atoms with van der Waals surface area (Å²) in [6, 6.07) is 15.4. The van der Waals surface area contributed by atoms with E-state index in [1.54, 1.807) is 42.5 Å². The fourth-order valence-corrected chi connectivity index (χ4v) is 5.99. The Bertz CT molecular complexity index is 1160. The Balaban J connectivity index is 1.18. The van der Waals surface area contributed by atoms with E-state index in [2.05, 4.69) is 19.9 Å². The van der Waals surface area contributed by atoms with E-state index in [1.165, 1.54) is 18.1 Å². The number of fused-ring (bicyclic) bond motifs is 1. The molecule has 0 spiro atoms. The number of ether oxygens (including phenoxy) is 2. The summed E-state index contributed by atoms with van der Waals surface area (Å²) in [6.07, 6.45) is 7.29. The predicted octanol–water partition coefficient (Wildman–Crippen LogP) is 5.52. The first kappa shape index (κ1) is 24.3. The van der Waals surface area contributed by atoms with Crippen molar-refractivity contribution >= 4 is 15.8 Å². The Morgan fingerprint density at radius 3 is 2.50 bits per heavy atom.